The molecule has 1 saturated carbocycles. The van der Waals surface area contributed by atoms with Crippen LogP contribution in [0, 0.1) is 5.82 Å². The highest BCUT2D eigenvalue weighted by Crippen LogP contribution is 2.32. The van der Waals surface area contributed by atoms with Gasteiger partial charge in [-0.1, -0.05) is 30.3 Å². The van der Waals surface area contributed by atoms with E-state index < -0.39 is 23.4 Å². The van der Waals surface area contributed by atoms with Crippen LogP contribution in [0.1, 0.15) is 55.7 Å². The maximum Gasteiger partial charge on any atom is 0.252 e. The van der Waals surface area contributed by atoms with E-state index in [1.54, 1.807) is 0 Å². The first-order valence-corrected chi connectivity index (χ1v) is 10.4. The van der Waals surface area contributed by atoms with E-state index >= 15 is 0 Å². The van der Waals surface area contributed by atoms with Crippen molar-refractivity contribution in [1.29, 1.82) is 0 Å². The van der Waals surface area contributed by atoms with E-state index in [0.29, 0.717) is 50.7 Å². The summed E-state index contributed by atoms with van der Waals surface area (Å²) in [7, 11) is 0. The average Bonchev–Trinajstić information content (AvgIpc) is 2.77. The fraction of sp³-hybridized carbons (Fsp3) is 0.478. The Morgan fingerprint density at radius 2 is 2.00 bits per heavy atom. The summed E-state index contributed by atoms with van der Waals surface area (Å²) in [6.07, 6.45) is 5.21. The van der Waals surface area contributed by atoms with E-state index in [1.165, 1.54) is 12.3 Å². The first kappa shape index (κ1) is 22.3. The van der Waals surface area contributed by atoms with E-state index in [2.05, 4.69) is 10.3 Å². The molecule has 7 heteroatoms. The fourth-order valence-electron chi connectivity index (χ4n) is 3.78. The van der Waals surface area contributed by atoms with Crippen molar-refractivity contribution < 1.29 is 24.1 Å². The Morgan fingerprint density at radius 1 is 1.27 bits per heavy atom. The first-order chi connectivity index (χ1) is 14.5. The zero-order valence-corrected chi connectivity index (χ0v) is 17.0. The van der Waals surface area contributed by atoms with Crippen molar-refractivity contribution in [3.05, 3.63) is 65.7 Å². The topological polar surface area (TPSA) is 91.7 Å². The molecule has 1 aliphatic carbocycles. The van der Waals surface area contributed by atoms with Crippen LogP contribution >= 0.6 is 0 Å². The molecule has 0 bridgehead atoms. The van der Waals surface area contributed by atoms with Gasteiger partial charge in [-0.3, -0.25) is 9.78 Å². The number of nitrogens with one attached hydrogen (secondary N) is 1. The molecule has 0 unspecified atom stereocenters. The molecule has 0 aliphatic heterocycles. The SMILES string of the molecule is O=C(N[C@@H](CCCO)c1cncc(F)c1)C1(O)CCC(OCc2ccccc2)CC1. The van der Waals surface area contributed by atoms with Gasteiger partial charge in [0.1, 0.15) is 11.4 Å². The average molecular weight is 416 g/mol. The third-order valence-corrected chi connectivity index (χ3v) is 5.60. The highest BCUT2D eigenvalue weighted by Gasteiger charge is 2.41. The molecule has 0 spiro atoms. The number of ether oxygens (including phenoxy) is 1. The number of carbonyl (C=O) groups excluding carboxylic acids is 1. The number of aliphatic hydroxyl groups excluding tert-OH is 1. The molecule has 3 N–H and O–H groups in total. The van der Waals surface area contributed by atoms with Gasteiger partial charge in [0.25, 0.3) is 5.91 Å². The third-order valence-electron chi connectivity index (χ3n) is 5.60. The predicted octanol–water partition coefficient (Wildman–Crippen LogP) is 3.04. The van der Waals surface area contributed by atoms with Crippen LogP contribution in [-0.4, -0.2) is 39.4 Å². The Balaban J connectivity index is 1.55. The highest BCUT2D eigenvalue weighted by molar-refractivity contribution is 5.85. The summed E-state index contributed by atoms with van der Waals surface area (Å²) in [6.45, 7) is 0.464. The quantitative estimate of drug-likeness (QED) is 0.584. The minimum absolute atomic E-state index is 0.00381. The number of halogens is 1. The molecule has 1 heterocycles. The molecule has 3 rings (SSSR count). The summed E-state index contributed by atoms with van der Waals surface area (Å²) in [5.41, 5.74) is 0.122. The number of nitrogens with zero attached hydrogens (tertiary/aromatic N) is 1. The minimum Gasteiger partial charge on any atom is -0.396 e. The Kier molecular flexibility index (Phi) is 7.90. The van der Waals surface area contributed by atoms with Crippen molar-refractivity contribution in [3.8, 4) is 0 Å². The molecule has 30 heavy (non-hydrogen) atoms. The number of rotatable bonds is 9. The summed E-state index contributed by atoms with van der Waals surface area (Å²) in [6, 6.07) is 10.7. The van der Waals surface area contributed by atoms with E-state index in [-0.39, 0.29) is 12.7 Å². The normalized spacial score (nSPS) is 22.4. The minimum atomic E-state index is -1.48. The van der Waals surface area contributed by atoms with Crippen molar-refractivity contribution >= 4 is 5.91 Å². The number of carbonyl (C=O) groups is 1. The van der Waals surface area contributed by atoms with Gasteiger partial charge in [0.05, 0.1) is 24.9 Å². The Bertz CT molecular complexity index is 810. The van der Waals surface area contributed by atoms with Crippen molar-refractivity contribution in [2.24, 2.45) is 0 Å². The summed E-state index contributed by atoms with van der Waals surface area (Å²) in [5, 5.41) is 22.9. The van der Waals surface area contributed by atoms with Crippen LogP contribution in [0.3, 0.4) is 0 Å². The molecule has 1 aromatic carbocycles. The van der Waals surface area contributed by atoms with Crippen molar-refractivity contribution in [2.75, 3.05) is 6.61 Å². The molecule has 1 fully saturated rings. The van der Waals surface area contributed by atoms with Crippen LogP contribution in [0.5, 0.6) is 0 Å². The summed E-state index contributed by atoms with van der Waals surface area (Å²) in [5.74, 6) is -0.971. The van der Waals surface area contributed by atoms with Gasteiger partial charge >= 0.3 is 0 Å². The Hall–Kier alpha value is -2.35. The lowest BCUT2D eigenvalue weighted by molar-refractivity contribution is -0.147. The zero-order chi connectivity index (χ0) is 21.4. The maximum atomic E-state index is 13.6. The van der Waals surface area contributed by atoms with Crippen molar-refractivity contribution in [1.82, 2.24) is 10.3 Å². The molecule has 2 aromatic rings. The van der Waals surface area contributed by atoms with Gasteiger partial charge in [0, 0.05) is 12.8 Å². The smallest absolute Gasteiger partial charge is 0.252 e. The van der Waals surface area contributed by atoms with E-state index in [4.69, 9.17) is 9.84 Å². The molecular weight excluding hydrogens is 387 g/mol. The number of hydrogen-bond donors (Lipinski definition) is 3. The molecule has 0 saturated heterocycles. The van der Waals surface area contributed by atoms with E-state index in [9.17, 15) is 14.3 Å². The van der Waals surface area contributed by atoms with Gasteiger partial charge in [-0.05, 0) is 55.7 Å². The van der Waals surface area contributed by atoms with Crippen LogP contribution in [0.15, 0.2) is 48.8 Å². The monoisotopic (exact) mass is 416 g/mol. The number of aliphatic hydroxyl groups is 2. The molecule has 0 radical (unpaired) electrons. The maximum absolute atomic E-state index is 13.6. The van der Waals surface area contributed by atoms with E-state index in [0.717, 1.165) is 11.8 Å². The van der Waals surface area contributed by atoms with Gasteiger partial charge in [0.2, 0.25) is 0 Å². The second kappa shape index (κ2) is 10.6. The Labute approximate surface area is 176 Å². The second-order valence-corrected chi connectivity index (χ2v) is 7.86. The van der Waals surface area contributed by atoms with Crippen molar-refractivity contribution in [3.63, 3.8) is 0 Å². The van der Waals surface area contributed by atoms with Crippen molar-refractivity contribution in [2.45, 2.75) is 62.9 Å². The lowest BCUT2D eigenvalue weighted by Crippen LogP contribution is -2.50. The lowest BCUT2D eigenvalue weighted by atomic mass is 9.82. The lowest BCUT2D eigenvalue weighted by Gasteiger charge is -2.36. The number of hydrogen-bond acceptors (Lipinski definition) is 5. The number of amides is 1. The molecule has 1 aliphatic rings. The van der Waals surface area contributed by atoms with Crippen LogP contribution in [-0.2, 0) is 16.1 Å². The van der Waals surface area contributed by atoms with Crippen LogP contribution in [0.25, 0.3) is 0 Å². The third kappa shape index (κ3) is 6.08. The van der Waals surface area contributed by atoms with E-state index in [1.807, 2.05) is 30.3 Å². The first-order valence-electron chi connectivity index (χ1n) is 10.4. The van der Waals surface area contributed by atoms with Gasteiger partial charge in [-0.25, -0.2) is 4.39 Å². The fourth-order valence-corrected chi connectivity index (χ4v) is 3.78. The standard InChI is InChI=1S/C23H29FN2O4/c24-19-13-18(14-25-15-19)21(7-4-12-27)26-22(28)23(29)10-8-20(9-11-23)30-16-17-5-2-1-3-6-17/h1-3,5-6,13-15,20-21,27,29H,4,7-12,16H2,(H,26,28)/t20?,21-,23?/m0/s1. The molecule has 6 nitrogen and oxygen atoms in total. The largest absolute Gasteiger partial charge is 0.396 e. The summed E-state index contributed by atoms with van der Waals surface area (Å²) < 4.78 is 19.5. The summed E-state index contributed by atoms with van der Waals surface area (Å²) >= 11 is 0. The molecule has 1 atom stereocenters. The van der Waals surface area contributed by atoms with Gasteiger partial charge in [-0.2, -0.15) is 0 Å². The zero-order valence-electron chi connectivity index (χ0n) is 17.0. The van der Waals surface area contributed by atoms with Crippen LogP contribution < -0.4 is 5.32 Å². The van der Waals surface area contributed by atoms with Crippen LogP contribution in [0.4, 0.5) is 4.39 Å². The van der Waals surface area contributed by atoms with Gasteiger partial charge < -0.3 is 20.3 Å². The predicted molar refractivity (Wildman–Crippen MR) is 110 cm³/mol. The molecule has 162 valence electrons. The Morgan fingerprint density at radius 3 is 2.67 bits per heavy atom. The van der Waals surface area contributed by atoms with Crippen LogP contribution in [0.2, 0.25) is 0 Å². The number of benzene rings is 1. The number of aromatic nitrogens is 1. The van der Waals surface area contributed by atoms with Gasteiger partial charge in [0.15, 0.2) is 0 Å². The summed E-state index contributed by atoms with van der Waals surface area (Å²) in [4.78, 5) is 16.7. The number of pyridine rings is 1. The molecule has 1 amide bonds. The van der Waals surface area contributed by atoms with Gasteiger partial charge in [-0.15, -0.1) is 0 Å². The molecule has 1 aromatic heterocycles. The highest BCUT2D eigenvalue weighted by atomic mass is 19.1. The second-order valence-electron chi connectivity index (χ2n) is 7.86. The molecular formula is C23H29FN2O4.